The Bertz CT molecular complexity index is 1200. The summed E-state index contributed by atoms with van der Waals surface area (Å²) in [6, 6.07) is 10.9. The number of amides is 2. The molecule has 3 aliphatic rings. The molecule has 6 atom stereocenters. The van der Waals surface area contributed by atoms with Crippen LogP contribution < -0.4 is 15.4 Å². The van der Waals surface area contributed by atoms with Gasteiger partial charge in [-0.2, -0.15) is 0 Å². The fraction of sp³-hybridized carbons (Fsp3) is 0.464. The Hall–Kier alpha value is -2.85. The van der Waals surface area contributed by atoms with Crippen molar-refractivity contribution in [3.05, 3.63) is 63.6 Å². The van der Waals surface area contributed by atoms with Gasteiger partial charge >= 0.3 is 5.97 Å². The maximum Gasteiger partial charge on any atom is 0.326 e. The molecule has 0 radical (unpaired) electrons. The van der Waals surface area contributed by atoms with Crippen LogP contribution in [-0.4, -0.2) is 54.0 Å². The third kappa shape index (κ3) is 6.49. The summed E-state index contributed by atoms with van der Waals surface area (Å²) in [5, 5.41) is 16.3. The van der Waals surface area contributed by atoms with E-state index in [0.717, 1.165) is 19.3 Å². The average Bonchev–Trinajstić information content (AvgIpc) is 3.66. The molecule has 3 N–H and O–H groups in total. The third-order valence-corrected chi connectivity index (χ3v) is 8.48. The molecule has 1 aliphatic heterocycles. The van der Waals surface area contributed by atoms with Gasteiger partial charge in [0, 0.05) is 28.1 Å². The number of halogens is 2. The van der Waals surface area contributed by atoms with Crippen LogP contribution in [0.1, 0.15) is 36.8 Å². The van der Waals surface area contributed by atoms with Gasteiger partial charge in [0.05, 0.1) is 0 Å². The Kier molecular flexibility index (Phi) is 8.61. The van der Waals surface area contributed by atoms with Crippen molar-refractivity contribution >= 4 is 41.0 Å². The molecule has 39 heavy (non-hydrogen) atoms. The minimum Gasteiger partial charge on any atom is -0.489 e. The summed E-state index contributed by atoms with van der Waals surface area (Å²) in [5.41, 5.74) is 1.33. The number of hydrogen-bond donors (Lipinski definition) is 3. The lowest BCUT2D eigenvalue weighted by Crippen LogP contribution is -2.53. The van der Waals surface area contributed by atoms with E-state index in [-0.39, 0.29) is 25.9 Å². The Labute approximate surface area is 236 Å². The number of hydrogen-bond acceptors (Lipinski definition) is 6. The van der Waals surface area contributed by atoms with Crippen LogP contribution in [-0.2, 0) is 36.9 Å². The molecule has 2 saturated carbocycles. The van der Waals surface area contributed by atoms with Crippen molar-refractivity contribution in [1.29, 1.82) is 0 Å². The Morgan fingerprint density at radius 3 is 2.28 bits per heavy atom. The van der Waals surface area contributed by atoms with Crippen LogP contribution in [0.4, 0.5) is 0 Å². The lowest BCUT2D eigenvalue weighted by atomic mass is 9.95. The highest BCUT2D eigenvalue weighted by atomic mass is 35.5. The molecule has 9 nitrogen and oxygen atoms in total. The van der Waals surface area contributed by atoms with Crippen molar-refractivity contribution in [1.82, 2.24) is 10.6 Å². The molecule has 2 bridgehead atoms. The van der Waals surface area contributed by atoms with E-state index in [1.165, 1.54) is 6.42 Å². The van der Waals surface area contributed by atoms with Crippen molar-refractivity contribution in [2.75, 3.05) is 6.79 Å². The largest absolute Gasteiger partial charge is 0.489 e. The zero-order valence-electron chi connectivity index (χ0n) is 21.1. The van der Waals surface area contributed by atoms with E-state index in [0.29, 0.717) is 38.8 Å². The maximum absolute atomic E-state index is 13.0. The first-order valence-corrected chi connectivity index (χ1v) is 13.8. The second-order valence-electron chi connectivity index (χ2n) is 10.3. The Morgan fingerprint density at radius 2 is 1.67 bits per heavy atom. The number of nitrogens with one attached hydrogen (secondary N) is 2. The van der Waals surface area contributed by atoms with E-state index in [4.69, 9.17) is 37.4 Å². The van der Waals surface area contributed by atoms with E-state index in [9.17, 15) is 19.5 Å². The molecule has 1 heterocycles. The molecule has 2 aromatic rings. The van der Waals surface area contributed by atoms with Crippen molar-refractivity contribution in [2.24, 2.45) is 11.8 Å². The predicted octanol–water partition coefficient (Wildman–Crippen LogP) is 3.73. The van der Waals surface area contributed by atoms with Gasteiger partial charge in [0.1, 0.15) is 25.2 Å². The number of carboxylic acid groups (broad SMARTS) is 1. The fourth-order valence-corrected chi connectivity index (χ4v) is 6.22. The normalized spacial score (nSPS) is 26.3. The van der Waals surface area contributed by atoms with Gasteiger partial charge in [0.15, 0.2) is 12.2 Å². The molecule has 5 rings (SSSR count). The van der Waals surface area contributed by atoms with Crippen molar-refractivity contribution in [2.45, 2.75) is 63.0 Å². The van der Waals surface area contributed by atoms with Gasteiger partial charge in [-0.3, -0.25) is 9.59 Å². The summed E-state index contributed by atoms with van der Waals surface area (Å²) in [7, 11) is 0. The van der Waals surface area contributed by atoms with Crippen LogP contribution >= 0.6 is 23.2 Å². The number of carbonyl (C=O) groups excluding carboxylic acids is 2. The second-order valence-corrected chi connectivity index (χ2v) is 11.1. The smallest absolute Gasteiger partial charge is 0.326 e. The van der Waals surface area contributed by atoms with E-state index in [2.05, 4.69) is 10.6 Å². The molecule has 1 saturated heterocycles. The zero-order valence-corrected chi connectivity index (χ0v) is 22.6. The predicted molar refractivity (Wildman–Crippen MR) is 142 cm³/mol. The Morgan fingerprint density at radius 1 is 0.974 bits per heavy atom. The summed E-state index contributed by atoms with van der Waals surface area (Å²) >= 11 is 12.4. The zero-order chi connectivity index (χ0) is 27.5. The molecule has 2 amide bonds. The fourth-order valence-electron chi connectivity index (χ4n) is 5.71. The van der Waals surface area contributed by atoms with Crippen LogP contribution in [0.3, 0.4) is 0 Å². The van der Waals surface area contributed by atoms with Gasteiger partial charge in [-0.05, 0) is 60.9 Å². The van der Waals surface area contributed by atoms with Crippen LogP contribution in [0.15, 0.2) is 42.5 Å². The van der Waals surface area contributed by atoms with Crippen molar-refractivity contribution in [3.8, 4) is 5.75 Å². The number of benzene rings is 2. The highest BCUT2D eigenvalue weighted by molar-refractivity contribution is 6.35. The molecule has 0 spiro atoms. The molecule has 208 valence electrons. The first-order valence-electron chi connectivity index (χ1n) is 13.0. The molecule has 11 heteroatoms. The lowest BCUT2D eigenvalue weighted by molar-refractivity contribution is -0.144. The number of carboxylic acids is 1. The van der Waals surface area contributed by atoms with Crippen LogP contribution in [0, 0.1) is 11.8 Å². The quantitative estimate of drug-likeness (QED) is 0.393. The van der Waals surface area contributed by atoms with E-state index >= 15 is 0 Å². The van der Waals surface area contributed by atoms with Crippen molar-refractivity contribution in [3.63, 3.8) is 0 Å². The molecular weight excluding hydrogens is 547 g/mol. The standard InChI is InChI=1S/C28H30Cl2N2O7/c29-20-2-1-3-21(30)19(20)13-37-18-8-5-15(6-9-18)11-23(28(35)36)32-27(34)25-24(38-14-39-25)26(33)31-22-12-16-4-7-17(22)10-16/h1-3,5-6,8-9,16-17,22-25H,4,7,10-14H2,(H,31,33)(H,32,34)(H,35,36)/t16?,17?,22?,23-,24+,25+/m0/s1. The summed E-state index contributed by atoms with van der Waals surface area (Å²) in [4.78, 5) is 37.8. The van der Waals surface area contributed by atoms with Gasteiger partial charge in [0.25, 0.3) is 11.8 Å². The molecule has 0 aromatic heterocycles. The number of rotatable bonds is 10. The highest BCUT2D eigenvalue weighted by Gasteiger charge is 2.45. The van der Waals surface area contributed by atoms with Gasteiger partial charge in [-0.25, -0.2) is 4.79 Å². The number of fused-ring (bicyclic) bond motifs is 2. The monoisotopic (exact) mass is 576 g/mol. The van der Waals surface area contributed by atoms with Gasteiger partial charge < -0.3 is 30.0 Å². The van der Waals surface area contributed by atoms with E-state index in [1.807, 2.05) is 0 Å². The topological polar surface area (TPSA) is 123 Å². The molecule has 3 fully saturated rings. The van der Waals surface area contributed by atoms with E-state index in [1.54, 1.807) is 42.5 Å². The van der Waals surface area contributed by atoms with Gasteiger partial charge in [-0.1, -0.05) is 47.8 Å². The van der Waals surface area contributed by atoms with E-state index < -0.39 is 36.0 Å². The summed E-state index contributed by atoms with van der Waals surface area (Å²) in [6.07, 6.45) is 2.05. The molecule has 2 aromatic carbocycles. The van der Waals surface area contributed by atoms with Crippen LogP contribution in [0.5, 0.6) is 5.75 Å². The third-order valence-electron chi connectivity index (χ3n) is 7.78. The minimum absolute atomic E-state index is 0.0211. The maximum atomic E-state index is 13.0. The number of ether oxygens (including phenoxy) is 3. The average molecular weight is 577 g/mol. The molecule has 2 aliphatic carbocycles. The summed E-state index contributed by atoms with van der Waals surface area (Å²) in [6.45, 7) is -0.0443. The number of carbonyl (C=O) groups is 3. The SMILES string of the molecule is O=C(O)[C@H](Cc1ccc(OCc2c(Cl)cccc2Cl)cc1)NC(=O)[C@@H]1OCO[C@H]1C(=O)NC1CC2CCC1C2. The highest BCUT2D eigenvalue weighted by Crippen LogP contribution is 2.44. The second kappa shape index (κ2) is 12.1. The van der Waals surface area contributed by atoms with Crippen molar-refractivity contribution < 1.29 is 33.7 Å². The molecular formula is C28H30Cl2N2O7. The Balaban J connectivity index is 1.15. The van der Waals surface area contributed by atoms with Crippen LogP contribution in [0.25, 0.3) is 0 Å². The number of aliphatic carboxylic acids is 1. The lowest BCUT2D eigenvalue weighted by Gasteiger charge is -2.25. The first kappa shape index (κ1) is 27.7. The first-order chi connectivity index (χ1) is 18.8. The van der Waals surface area contributed by atoms with Gasteiger partial charge in [-0.15, -0.1) is 0 Å². The van der Waals surface area contributed by atoms with Crippen LogP contribution in [0.2, 0.25) is 10.0 Å². The van der Waals surface area contributed by atoms with Gasteiger partial charge in [0.2, 0.25) is 0 Å². The summed E-state index contributed by atoms with van der Waals surface area (Å²) in [5.74, 6) is -0.644. The summed E-state index contributed by atoms with van der Waals surface area (Å²) < 4.78 is 16.6. The molecule has 3 unspecified atom stereocenters. The minimum atomic E-state index is -1.23.